The van der Waals surface area contributed by atoms with Gasteiger partial charge in [-0.1, -0.05) is 19.1 Å². The van der Waals surface area contributed by atoms with Gasteiger partial charge in [-0.15, -0.1) is 0 Å². The normalized spacial score (nSPS) is 16.0. The predicted octanol–water partition coefficient (Wildman–Crippen LogP) is 1.79. The van der Waals surface area contributed by atoms with E-state index in [1.165, 1.54) is 12.1 Å². The first kappa shape index (κ1) is 21.3. The quantitative estimate of drug-likeness (QED) is 0.711. The molecule has 150 valence electrons. The van der Waals surface area contributed by atoms with Crippen LogP contribution in [-0.2, 0) is 20.9 Å². The van der Waals surface area contributed by atoms with Crippen molar-refractivity contribution in [3.8, 4) is 0 Å². The number of benzene rings is 1. The monoisotopic (exact) mass is 379 g/mol. The molecule has 2 rings (SSSR count). The van der Waals surface area contributed by atoms with E-state index in [1.54, 1.807) is 24.0 Å². The van der Waals surface area contributed by atoms with Crippen molar-refractivity contribution in [2.45, 2.75) is 39.3 Å². The summed E-state index contributed by atoms with van der Waals surface area (Å²) in [6.07, 6.45) is 1.09. The fourth-order valence-electron chi connectivity index (χ4n) is 3.04. The van der Waals surface area contributed by atoms with Gasteiger partial charge in [0.25, 0.3) is 0 Å². The molecule has 1 aromatic carbocycles. The van der Waals surface area contributed by atoms with Crippen molar-refractivity contribution < 1.29 is 18.7 Å². The SMILES string of the molecule is CCCC(=O)N(Cc1ccc(F)cc1)[C@H](C)C(=O)NCCN1CCOCC1. The van der Waals surface area contributed by atoms with E-state index in [0.717, 1.165) is 38.4 Å². The summed E-state index contributed by atoms with van der Waals surface area (Å²) in [7, 11) is 0. The standard InChI is InChI=1S/C20H30FN3O3/c1-3-4-19(25)24(15-17-5-7-18(21)8-6-17)16(2)20(26)22-9-10-23-11-13-27-14-12-23/h5-8,16H,3-4,9-15H2,1-2H3,(H,22,26)/t16-/m1/s1. The average Bonchev–Trinajstić information content (AvgIpc) is 2.68. The largest absolute Gasteiger partial charge is 0.379 e. The summed E-state index contributed by atoms with van der Waals surface area (Å²) in [5.41, 5.74) is 0.800. The molecule has 0 radical (unpaired) electrons. The van der Waals surface area contributed by atoms with Gasteiger partial charge in [-0.05, 0) is 31.0 Å². The van der Waals surface area contributed by atoms with Crippen LogP contribution in [0.2, 0.25) is 0 Å². The smallest absolute Gasteiger partial charge is 0.242 e. The molecule has 2 amide bonds. The molecule has 0 saturated carbocycles. The zero-order chi connectivity index (χ0) is 19.6. The molecular formula is C20H30FN3O3. The van der Waals surface area contributed by atoms with Crippen molar-refractivity contribution in [2.75, 3.05) is 39.4 Å². The Kier molecular flexibility index (Phi) is 8.67. The number of ether oxygens (including phenoxy) is 1. The molecule has 0 unspecified atom stereocenters. The minimum absolute atomic E-state index is 0.0716. The van der Waals surface area contributed by atoms with Gasteiger partial charge in [0, 0.05) is 39.1 Å². The van der Waals surface area contributed by atoms with Crippen molar-refractivity contribution in [3.63, 3.8) is 0 Å². The summed E-state index contributed by atoms with van der Waals surface area (Å²) in [6.45, 7) is 8.45. The zero-order valence-electron chi connectivity index (χ0n) is 16.2. The number of nitrogens with zero attached hydrogens (tertiary/aromatic N) is 2. The van der Waals surface area contributed by atoms with Crippen molar-refractivity contribution in [3.05, 3.63) is 35.6 Å². The van der Waals surface area contributed by atoms with E-state index in [0.29, 0.717) is 19.4 Å². The van der Waals surface area contributed by atoms with Crippen LogP contribution in [-0.4, -0.2) is 67.0 Å². The summed E-state index contributed by atoms with van der Waals surface area (Å²) in [5, 5.41) is 2.93. The first-order valence-corrected chi connectivity index (χ1v) is 9.63. The van der Waals surface area contributed by atoms with E-state index >= 15 is 0 Å². The van der Waals surface area contributed by atoms with Crippen LogP contribution in [0.25, 0.3) is 0 Å². The number of rotatable bonds is 9. The van der Waals surface area contributed by atoms with Crippen LogP contribution in [0.3, 0.4) is 0 Å². The first-order chi connectivity index (χ1) is 13.0. The van der Waals surface area contributed by atoms with E-state index in [1.807, 2.05) is 6.92 Å². The van der Waals surface area contributed by atoms with Crippen LogP contribution in [0.5, 0.6) is 0 Å². The van der Waals surface area contributed by atoms with Gasteiger partial charge < -0.3 is 15.0 Å². The Morgan fingerprint density at radius 3 is 2.56 bits per heavy atom. The van der Waals surface area contributed by atoms with E-state index in [-0.39, 0.29) is 24.2 Å². The Balaban J connectivity index is 1.92. The third-order valence-electron chi connectivity index (χ3n) is 4.73. The molecule has 0 aromatic heterocycles. The lowest BCUT2D eigenvalue weighted by molar-refractivity contribution is -0.140. The van der Waals surface area contributed by atoms with Crippen LogP contribution in [0.1, 0.15) is 32.3 Å². The number of hydrogen-bond acceptors (Lipinski definition) is 4. The lowest BCUT2D eigenvalue weighted by Gasteiger charge is -2.30. The summed E-state index contributed by atoms with van der Waals surface area (Å²) in [5.74, 6) is -0.563. The summed E-state index contributed by atoms with van der Waals surface area (Å²) < 4.78 is 18.4. The first-order valence-electron chi connectivity index (χ1n) is 9.63. The van der Waals surface area contributed by atoms with Gasteiger partial charge in [0.2, 0.25) is 11.8 Å². The Morgan fingerprint density at radius 1 is 1.26 bits per heavy atom. The molecule has 1 aliphatic heterocycles. The molecule has 6 nitrogen and oxygen atoms in total. The maximum atomic E-state index is 13.1. The van der Waals surface area contributed by atoms with Gasteiger partial charge in [-0.3, -0.25) is 14.5 Å². The second kappa shape index (κ2) is 11.0. The number of morpholine rings is 1. The fourth-order valence-corrected chi connectivity index (χ4v) is 3.04. The zero-order valence-corrected chi connectivity index (χ0v) is 16.2. The molecule has 1 N–H and O–H groups in total. The third kappa shape index (κ3) is 6.92. The number of hydrogen-bond donors (Lipinski definition) is 1. The Morgan fingerprint density at radius 2 is 1.93 bits per heavy atom. The molecule has 0 bridgehead atoms. The number of carbonyl (C=O) groups is 2. The second-order valence-corrected chi connectivity index (χ2v) is 6.82. The van der Waals surface area contributed by atoms with Crippen LogP contribution in [0, 0.1) is 5.82 Å². The predicted molar refractivity (Wildman–Crippen MR) is 102 cm³/mol. The Labute approximate surface area is 160 Å². The van der Waals surface area contributed by atoms with Gasteiger partial charge in [0.15, 0.2) is 0 Å². The topological polar surface area (TPSA) is 61.9 Å². The maximum absolute atomic E-state index is 13.1. The average molecular weight is 379 g/mol. The molecule has 1 saturated heterocycles. The van der Waals surface area contributed by atoms with Crippen LogP contribution >= 0.6 is 0 Å². The van der Waals surface area contributed by atoms with Crippen LogP contribution in [0.15, 0.2) is 24.3 Å². The number of carbonyl (C=O) groups excluding carboxylic acids is 2. The molecule has 1 fully saturated rings. The highest BCUT2D eigenvalue weighted by Gasteiger charge is 2.25. The lowest BCUT2D eigenvalue weighted by atomic mass is 10.1. The van der Waals surface area contributed by atoms with Crippen molar-refractivity contribution in [2.24, 2.45) is 0 Å². The molecule has 1 heterocycles. The highest BCUT2D eigenvalue weighted by atomic mass is 19.1. The molecule has 1 aliphatic rings. The molecule has 27 heavy (non-hydrogen) atoms. The Bertz CT molecular complexity index is 603. The molecule has 0 aliphatic carbocycles. The molecule has 1 aromatic rings. The highest BCUT2D eigenvalue weighted by Crippen LogP contribution is 2.12. The van der Waals surface area contributed by atoms with E-state index in [4.69, 9.17) is 4.74 Å². The van der Waals surface area contributed by atoms with Gasteiger partial charge in [-0.25, -0.2) is 4.39 Å². The molecule has 7 heteroatoms. The lowest BCUT2D eigenvalue weighted by Crippen LogP contribution is -2.49. The fraction of sp³-hybridized carbons (Fsp3) is 0.600. The number of amides is 2. The summed E-state index contributed by atoms with van der Waals surface area (Å²) in [6, 6.07) is 5.43. The van der Waals surface area contributed by atoms with Crippen molar-refractivity contribution >= 4 is 11.8 Å². The van der Waals surface area contributed by atoms with Gasteiger partial charge in [0.05, 0.1) is 13.2 Å². The van der Waals surface area contributed by atoms with Gasteiger partial charge in [0.1, 0.15) is 11.9 Å². The van der Waals surface area contributed by atoms with Crippen LogP contribution in [0.4, 0.5) is 4.39 Å². The minimum Gasteiger partial charge on any atom is -0.379 e. The van der Waals surface area contributed by atoms with E-state index in [9.17, 15) is 14.0 Å². The van der Waals surface area contributed by atoms with Gasteiger partial charge in [-0.2, -0.15) is 0 Å². The van der Waals surface area contributed by atoms with Crippen molar-refractivity contribution in [1.29, 1.82) is 0 Å². The molecule has 1 atom stereocenters. The molecule has 0 spiro atoms. The second-order valence-electron chi connectivity index (χ2n) is 6.82. The van der Waals surface area contributed by atoms with E-state index in [2.05, 4.69) is 10.2 Å². The van der Waals surface area contributed by atoms with Crippen LogP contribution < -0.4 is 5.32 Å². The highest BCUT2D eigenvalue weighted by molar-refractivity contribution is 5.87. The van der Waals surface area contributed by atoms with Gasteiger partial charge >= 0.3 is 0 Å². The third-order valence-corrected chi connectivity index (χ3v) is 4.73. The maximum Gasteiger partial charge on any atom is 0.242 e. The number of nitrogens with one attached hydrogen (secondary N) is 1. The summed E-state index contributed by atoms with van der Waals surface area (Å²) >= 11 is 0. The number of halogens is 1. The Hall–Kier alpha value is -1.99. The van der Waals surface area contributed by atoms with E-state index < -0.39 is 6.04 Å². The molecular weight excluding hydrogens is 349 g/mol. The van der Waals surface area contributed by atoms with Crippen molar-refractivity contribution in [1.82, 2.24) is 15.1 Å². The summed E-state index contributed by atoms with van der Waals surface area (Å²) in [4.78, 5) is 28.9. The minimum atomic E-state index is -0.584.